The summed E-state index contributed by atoms with van der Waals surface area (Å²) in [5, 5.41) is 26.0. The highest BCUT2D eigenvalue weighted by Gasteiger charge is 2.16. The third kappa shape index (κ3) is 8.91. The van der Waals surface area contributed by atoms with Crippen LogP contribution in [-0.2, 0) is 14.3 Å². The lowest BCUT2D eigenvalue weighted by molar-refractivity contribution is -0.141. The van der Waals surface area contributed by atoms with Gasteiger partial charge in [0, 0.05) is 19.6 Å². The van der Waals surface area contributed by atoms with Crippen LogP contribution in [0.15, 0.2) is 0 Å². The molecule has 0 bridgehead atoms. The maximum absolute atomic E-state index is 10.7. The van der Waals surface area contributed by atoms with Gasteiger partial charge < -0.3 is 20.1 Å². The van der Waals surface area contributed by atoms with Gasteiger partial charge in [-0.1, -0.05) is 6.92 Å². The van der Waals surface area contributed by atoms with Gasteiger partial charge in [0.2, 0.25) is 0 Å². The fraction of sp³-hybridized carbons (Fsp3) is 0.818. The van der Waals surface area contributed by atoms with Crippen LogP contribution < -0.4 is 0 Å². The van der Waals surface area contributed by atoms with Crippen LogP contribution in [0.3, 0.4) is 0 Å². The fourth-order valence-electron chi connectivity index (χ4n) is 1.37. The van der Waals surface area contributed by atoms with Gasteiger partial charge in [0.25, 0.3) is 0 Å². The normalized spacial score (nSPS) is 12.6. The van der Waals surface area contributed by atoms with Crippen molar-refractivity contribution >= 4 is 11.9 Å². The molecular formula is C11H21NO6. The van der Waals surface area contributed by atoms with E-state index in [0.29, 0.717) is 13.2 Å². The highest BCUT2D eigenvalue weighted by molar-refractivity contribution is 5.69. The number of rotatable bonds is 11. The van der Waals surface area contributed by atoms with Crippen molar-refractivity contribution in [1.29, 1.82) is 0 Å². The third-order valence-electron chi connectivity index (χ3n) is 2.38. The average Bonchev–Trinajstić information content (AvgIpc) is 2.30. The molecule has 0 rings (SSSR count). The van der Waals surface area contributed by atoms with Crippen LogP contribution in [0, 0.1) is 5.92 Å². The quantitative estimate of drug-likeness (QED) is 0.431. The van der Waals surface area contributed by atoms with Gasteiger partial charge in [-0.25, -0.2) is 0 Å². The van der Waals surface area contributed by atoms with Crippen molar-refractivity contribution in [1.82, 2.24) is 4.90 Å². The second-order valence-corrected chi connectivity index (χ2v) is 4.02. The number of aliphatic hydroxyl groups is 1. The number of hydrogen-bond acceptors (Lipinski definition) is 5. The smallest absolute Gasteiger partial charge is 0.307 e. The Labute approximate surface area is 106 Å². The molecule has 7 heteroatoms. The molecule has 0 aliphatic carbocycles. The second-order valence-electron chi connectivity index (χ2n) is 4.02. The summed E-state index contributed by atoms with van der Waals surface area (Å²) in [6.45, 7) is 3.09. The SMILES string of the molecule is CC(CN(CCOCCO)CCC(=O)O)C(=O)O. The summed E-state index contributed by atoms with van der Waals surface area (Å²) in [5.74, 6) is -2.39. The Morgan fingerprint density at radius 2 is 1.89 bits per heavy atom. The molecule has 0 aliphatic rings. The number of ether oxygens (including phenoxy) is 1. The van der Waals surface area contributed by atoms with Crippen LogP contribution >= 0.6 is 0 Å². The number of carboxylic acid groups (broad SMARTS) is 2. The van der Waals surface area contributed by atoms with E-state index in [1.807, 2.05) is 0 Å². The van der Waals surface area contributed by atoms with Gasteiger partial charge >= 0.3 is 11.9 Å². The monoisotopic (exact) mass is 263 g/mol. The number of nitrogens with zero attached hydrogens (tertiary/aromatic N) is 1. The van der Waals surface area contributed by atoms with Gasteiger partial charge in [-0.3, -0.25) is 14.5 Å². The topological polar surface area (TPSA) is 107 Å². The van der Waals surface area contributed by atoms with Crippen LogP contribution in [0.25, 0.3) is 0 Å². The molecule has 0 fully saturated rings. The van der Waals surface area contributed by atoms with Crippen molar-refractivity contribution in [3.05, 3.63) is 0 Å². The molecule has 0 aromatic carbocycles. The molecule has 0 aromatic rings. The van der Waals surface area contributed by atoms with E-state index in [9.17, 15) is 9.59 Å². The molecule has 0 radical (unpaired) electrons. The number of aliphatic hydroxyl groups excluding tert-OH is 1. The second kappa shape index (κ2) is 9.81. The van der Waals surface area contributed by atoms with Crippen molar-refractivity contribution in [2.75, 3.05) is 39.5 Å². The molecule has 0 saturated carbocycles. The van der Waals surface area contributed by atoms with Crippen LogP contribution in [0.4, 0.5) is 0 Å². The number of carbonyl (C=O) groups is 2. The van der Waals surface area contributed by atoms with Crippen LogP contribution in [0.1, 0.15) is 13.3 Å². The van der Waals surface area contributed by atoms with Gasteiger partial charge in [-0.2, -0.15) is 0 Å². The Morgan fingerprint density at radius 3 is 2.39 bits per heavy atom. The van der Waals surface area contributed by atoms with E-state index >= 15 is 0 Å². The molecule has 0 aliphatic heterocycles. The first-order chi connectivity index (χ1) is 8.47. The minimum atomic E-state index is -0.917. The Kier molecular flexibility index (Phi) is 9.17. The van der Waals surface area contributed by atoms with E-state index in [0.717, 1.165) is 0 Å². The molecule has 0 amide bonds. The lowest BCUT2D eigenvalue weighted by Crippen LogP contribution is -2.36. The van der Waals surface area contributed by atoms with Crippen molar-refractivity contribution in [3.8, 4) is 0 Å². The van der Waals surface area contributed by atoms with Crippen molar-refractivity contribution in [2.24, 2.45) is 5.92 Å². The molecule has 0 saturated heterocycles. The summed E-state index contributed by atoms with van der Waals surface area (Å²) in [4.78, 5) is 23.0. The summed E-state index contributed by atoms with van der Waals surface area (Å²) >= 11 is 0. The van der Waals surface area contributed by atoms with E-state index < -0.39 is 17.9 Å². The summed E-state index contributed by atoms with van der Waals surface area (Å²) in [6.07, 6.45) is -0.0354. The van der Waals surface area contributed by atoms with E-state index in [4.69, 9.17) is 20.1 Å². The molecule has 18 heavy (non-hydrogen) atoms. The first kappa shape index (κ1) is 16.8. The molecule has 1 atom stereocenters. The standard InChI is InChI=1S/C11H21NO6/c1-9(11(16)17)8-12(3-2-10(14)15)4-6-18-7-5-13/h9,13H,2-8H2,1H3,(H,14,15)(H,16,17). The molecule has 106 valence electrons. The molecule has 0 spiro atoms. The van der Waals surface area contributed by atoms with E-state index in [-0.39, 0.29) is 32.7 Å². The van der Waals surface area contributed by atoms with Gasteiger partial charge in [0.05, 0.1) is 32.2 Å². The summed E-state index contributed by atoms with van der Waals surface area (Å²) in [7, 11) is 0. The lowest BCUT2D eigenvalue weighted by Gasteiger charge is -2.23. The van der Waals surface area contributed by atoms with Crippen LogP contribution in [-0.4, -0.2) is 71.6 Å². The fourth-order valence-corrected chi connectivity index (χ4v) is 1.37. The summed E-state index contributed by atoms with van der Waals surface area (Å²) in [6, 6.07) is 0. The Morgan fingerprint density at radius 1 is 1.22 bits per heavy atom. The number of aliphatic carboxylic acids is 2. The number of hydrogen-bond donors (Lipinski definition) is 3. The Hall–Kier alpha value is -1.18. The zero-order valence-corrected chi connectivity index (χ0v) is 10.5. The molecular weight excluding hydrogens is 242 g/mol. The predicted molar refractivity (Wildman–Crippen MR) is 63.4 cm³/mol. The first-order valence-corrected chi connectivity index (χ1v) is 5.83. The lowest BCUT2D eigenvalue weighted by atomic mass is 10.1. The maximum Gasteiger partial charge on any atom is 0.307 e. The molecule has 1 unspecified atom stereocenters. The third-order valence-corrected chi connectivity index (χ3v) is 2.38. The molecule has 7 nitrogen and oxygen atoms in total. The van der Waals surface area contributed by atoms with Gasteiger partial charge in [0.1, 0.15) is 0 Å². The summed E-state index contributed by atoms with van der Waals surface area (Å²) in [5.41, 5.74) is 0. The number of carboxylic acids is 2. The highest BCUT2D eigenvalue weighted by atomic mass is 16.5. The summed E-state index contributed by atoms with van der Waals surface area (Å²) < 4.78 is 5.08. The van der Waals surface area contributed by atoms with Crippen molar-refractivity contribution < 1.29 is 29.6 Å². The highest BCUT2D eigenvalue weighted by Crippen LogP contribution is 2.01. The van der Waals surface area contributed by atoms with Gasteiger partial charge in [-0.15, -0.1) is 0 Å². The van der Waals surface area contributed by atoms with Crippen LogP contribution in [0.5, 0.6) is 0 Å². The van der Waals surface area contributed by atoms with Crippen LogP contribution in [0.2, 0.25) is 0 Å². The zero-order chi connectivity index (χ0) is 14.0. The Balaban J connectivity index is 4.06. The largest absolute Gasteiger partial charge is 0.481 e. The van der Waals surface area contributed by atoms with E-state index in [2.05, 4.69) is 0 Å². The van der Waals surface area contributed by atoms with E-state index in [1.165, 1.54) is 0 Å². The minimum Gasteiger partial charge on any atom is -0.481 e. The maximum atomic E-state index is 10.7. The van der Waals surface area contributed by atoms with Gasteiger partial charge in [0.15, 0.2) is 0 Å². The minimum absolute atomic E-state index is 0.0354. The average molecular weight is 263 g/mol. The molecule has 0 aromatic heterocycles. The van der Waals surface area contributed by atoms with Crippen molar-refractivity contribution in [3.63, 3.8) is 0 Å². The zero-order valence-electron chi connectivity index (χ0n) is 10.5. The van der Waals surface area contributed by atoms with E-state index in [1.54, 1.807) is 11.8 Å². The Bertz CT molecular complexity index is 258. The first-order valence-electron chi connectivity index (χ1n) is 5.83. The predicted octanol–water partition coefficient (Wildman–Crippen LogP) is -0.507. The van der Waals surface area contributed by atoms with Crippen molar-refractivity contribution in [2.45, 2.75) is 13.3 Å². The molecule has 0 heterocycles. The van der Waals surface area contributed by atoms with Gasteiger partial charge in [-0.05, 0) is 0 Å². The molecule has 3 N–H and O–H groups in total.